The van der Waals surface area contributed by atoms with E-state index in [-0.39, 0.29) is 9.52 Å². The van der Waals surface area contributed by atoms with Gasteiger partial charge in [-0.15, -0.1) is 0 Å². The van der Waals surface area contributed by atoms with Crippen LogP contribution in [0.5, 0.6) is 0 Å². The summed E-state index contributed by atoms with van der Waals surface area (Å²) in [4.78, 5) is 0. The molecule has 82 valence electrons. The molecule has 2 N–H and O–H groups in total. The minimum Gasteiger partial charge on any atom is -0.330 e. The van der Waals surface area contributed by atoms with Crippen LogP contribution in [0.4, 0.5) is 0 Å². The summed E-state index contributed by atoms with van der Waals surface area (Å²) in [6, 6.07) is 10.8. The normalized spacial score (nSPS) is 14.7. The molecule has 0 fully saturated rings. The predicted octanol–water partition coefficient (Wildman–Crippen LogP) is 2.17. The fourth-order valence-corrected chi connectivity index (χ4v) is 3.78. The largest absolute Gasteiger partial charge is 0.330 e. The first-order valence-electron chi connectivity index (χ1n) is 5.64. The molecule has 0 aliphatic heterocycles. The molecule has 2 heteroatoms. The van der Waals surface area contributed by atoms with Gasteiger partial charge in [-0.25, -0.2) is 0 Å². The van der Waals surface area contributed by atoms with E-state index < -0.39 is 0 Å². The van der Waals surface area contributed by atoms with Crippen LogP contribution in [0.1, 0.15) is 31.4 Å². The van der Waals surface area contributed by atoms with Crippen molar-refractivity contribution >= 4 is 9.52 Å². The number of rotatable bonds is 5. The van der Waals surface area contributed by atoms with Crippen LogP contribution in [0, 0.1) is 0 Å². The summed E-state index contributed by atoms with van der Waals surface area (Å²) in [6.45, 7) is 5.18. The van der Waals surface area contributed by atoms with Crippen molar-refractivity contribution in [2.24, 2.45) is 5.73 Å². The molecule has 0 amide bonds. The Morgan fingerprint density at radius 1 is 1.40 bits per heavy atom. The zero-order chi connectivity index (χ0) is 11.1. The van der Waals surface area contributed by atoms with Crippen molar-refractivity contribution in [1.82, 2.24) is 0 Å². The zero-order valence-corrected chi connectivity index (χ0v) is 11.2. The molecule has 0 spiro atoms. The number of benzene rings is 1. The highest BCUT2D eigenvalue weighted by molar-refractivity contribution is 6.47. The lowest BCUT2D eigenvalue weighted by molar-refractivity contribution is 0.798. The third-order valence-electron chi connectivity index (χ3n) is 2.85. The minimum atomic E-state index is -0.179. The van der Waals surface area contributed by atoms with Gasteiger partial charge in [-0.05, 0) is 37.9 Å². The maximum Gasteiger partial charge on any atom is 0.0566 e. The molecular weight excluding hydrogens is 198 g/mol. The van der Waals surface area contributed by atoms with Crippen molar-refractivity contribution in [1.29, 1.82) is 0 Å². The van der Waals surface area contributed by atoms with Gasteiger partial charge in [0.1, 0.15) is 0 Å². The Labute approximate surface area is 95.2 Å². The summed E-state index contributed by atoms with van der Waals surface area (Å²) in [5.41, 5.74) is 7.87. The number of hydrogen-bond acceptors (Lipinski definition) is 1. The van der Waals surface area contributed by atoms with Crippen LogP contribution in [0.15, 0.2) is 41.6 Å². The Morgan fingerprint density at radius 2 is 2.07 bits per heavy atom. The van der Waals surface area contributed by atoms with Crippen LogP contribution in [-0.4, -0.2) is 16.1 Å². The lowest BCUT2D eigenvalue weighted by atomic mass is 10.1. The molecule has 1 atom stereocenters. The van der Waals surface area contributed by atoms with Crippen LogP contribution in [0.2, 0.25) is 0 Å². The van der Waals surface area contributed by atoms with Crippen molar-refractivity contribution in [2.45, 2.75) is 25.8 Å². The molecule has 1 nitrogen and oxygen atoms in total. The summed E-state index contributed by atoms with van der Waals surface area (Å²) in [5, 5.41) is 1.58. The van der Waals surface area contributed by atoms with E-state index in [9.17, 15) is 0 Å². The average Bonchev–Trinajstić information content (AvgIpc) is 2.29. The Kier molecular flexibility index (Phi) is 5.36. The Hall–Kier alpha value is -0.863. The van der Waals surface area contributed by atoms with Crippen LogP contribution >= 0.6 is 0 Å². The van der Waals surface area contributed by atoms with E-state index in [4.69, 9.17) is 5.73 Å². The van der Waals surface area contributed by atoms with Gasteiger partial charge in [0.15, 0.2) is 0 Å². The summed E-state index contributed by atoms with van der Waals surface area (Å²) in [7, 11) is -0.179. The maximum atomic E-state index is 5.69. The summed E-state index contributed by atoms with van der Waals surface area (Å²) in [6.07, 6.45) is 3.38. The molecule has 0 aliphatic rings. The van der Waals surface area contributed by atoms with E-state index in [0.29, 0.717) is 5.54 Å². The van der Waals surface area contributed by atoms with E-state index >= 15 is 0 Å². The fraction of sp³-hybridized carbons (Fsp3) is 0.385. The lowest BCUT2D eigenvalue weighted by Crippen LogP contribution is -2.14. The monoisotopic (exact) mass is 219 g/mol. The van der Waals surface area contributed by atoms with Crippen molar-refractivity contribution < 1.29 is 0 Å². The van der Waals surface area contributed by atoms with Crippen molar-refractivity contribution in [2.75, 3.05) is 6.54 Å². The molecule has 0 saturated heterocycles. The first-order chi connectivity index (χ1) is 7.27. The molecular formula is C13H21NSi. The number of nitrogens with two attached hydrogens (primary N) is 1. The highest BCUT2D eigenvalue weighted by Crippen LogP contribution is 2.19. The third kappa shape index (κ3) is 4.02. The van der Waals surface area contributed by atoms with Gasteiger partial charge >= 0.3 is 0 Å². The molecule has 1 aromatic rings. The van der Waals surface area contributed by atoms with Gasteiger partial charge in [-0.2, -0.15) is 0 Å². The Balaban J connectivity index is 2.74. The molecule has 0 saturated carbocycles. The smallest absolute Gasteiger partial charge is 0.0566 e. The molecule has 0 bridgehead atoms. The second kappa shape index (κ2) is 6.59. The predicted molar refractivity (Wildman–Crippen MR) is 70.8 cm³/mol. The second-order valence-corrected chi connectivity index (χ2v) is 6.53. The van der Waals surface area contributed by atoms with Crippen LogP contribution < -0.4 is 5.73 Å². The van der Waals surface area contributed by atoms with Gasteiger partial charge < -0.3 is 5.73 Å². The van der Waals surface area contributed by atoms with Gasteiger partial charge in [-0.1, -0.05) is 41.6 Å². The molecule has 0 aromatic heterocycles. The number of allylic oxidation sites excluding steroid dienone is 2. The summed E-state index contributed by atoms with van der Waals surface area (Å²) in [5.74, 6) is 0. The van der Waals surface area contributed by atoms with E-state index in [0.717, 1.165) is 13.0 Å². The quantitative estimate of drug-likeness (QED) is 0.755. The lowest BCUT2D eigenvalue weighted by Gasteiger charge is -2.16. The fourth-order valence-electron chi connectivity index (χ4n) is 1.82. The van der Waals surface area contributed by atoms with Gasteiger partial charge in [0, 0.05) is 0 Å². The van der Waals surface area contributed by atoms with Crippen molar-refractivity contribution in [3.05, 3.63) is 47.2 Å². The van der Waals surface area contributed by atoms with Crippen LogP contribution in [0.3, 0.4) is 0 Å². The van der Waals surface area contributed by atoms with Crippen LogP contribution in [0.25, 0.3) is 0 Å². The first kappa shape index (κ1) is 12.2. The molecule has 1 rings (SSSR count). The number of hydrogen-bond donors (Lipinski definition) is 1. The zero-order valence-electron chi connectivity index (χ0n) is 9.74. The second-order valence-electron chi connectivity index (χ2n) is 4.02. The van der Waals surface area contributed by atoms with Crippen LogP contribution in [-0.2, 0) is 0 Å². The molecule has 0 heterocycles. The van der Waals surface area contributed by atoms with Gasteiger partial charge in [0.05, 0.1) is 9.52 Å². The van der Waals surface area contributed by atoms with E-state index in [1.165, 1.54) is 5.56 Å². The summed E-state index contributed by atoms with van der Waals surface area (Å²) >= 11 is 0. The molecule has 1 unspecified atom stereocenters. The molecule has 15 heavy (non-hydrogen) atoms. The van der Waals surface area contributed by atoms with E-state index in [1.807, 2.05) is 0 Å². The van der Waals surface area contributed by atoms with Crippen molar-refractivity contribution in [3.8, 4) is 0 Å². The van der Waals surface area contributed by atoms with Gasteiger partial charge in [0.25, 0.3) is 0 Å². The molecule has 0 aliphatic carbocycles. The highest BCUT2D eigenvalue weighted by atomic mass is 28.2. The van der Waals surface area contributed by atoms with Gasteiger partial charge in [-0.3, -0.25) is 0 Å². The topological polar surface area (TPSA) is 26.0 Å². The third-order valence-corrected chi connectivity index (χ3v) is 5.27. The Morgan fingerprint density at radius 3 is 2.60 bits per heavy atom. The maximum absolute atomic E-state index is 5.69. The molecule has 0 radical (unpaired) electrons. The Bertz CT molecular complexity index is 306. The van der Waals surface area contributed by atoms with E-state index in [2.05, 4.69) is 50.3 Å². The molecule has 1 aromatic carbocycles. The minimum absolute atomic E-state index is 0.179. The van der Waals surface area contributed by atoms with Crippen molar-refractivity contribution in [3.63, 3.8) is 0 Å². The van der Waals surface area contributed by atoms with Gasteiger partial charge in [0.2, 0.25) is 0 Å². The first-order valence-corrected chi connectivity index (χ1v) is 7.17. The van der Waals surface area contributed by atoms with E-state index in [1.54, 1.807) is 5.20 Å². The highest BCUT2D eigenvalue weighted by Gasteiger charge is 2.11. The standard InChI is InChI=1S/C13H21NSi/c1-3-11(2)15-13(9-10-14)12-7-5-4-6-8-12/h3-8,13H,9-10,14-15H2,1-2H3. The summed E-state index contributed by atoms with van der Waals surface area (Å²) < 4.78 is 0. The SMILES string of the molecule is CC=C(C)[SiH2]C(CCN)c1ccccc1. The average molecular weight is 219 g/mol.